The van der Waals surface area contributed by atoms with Crippen LogP contribution in [0.1, 0.15) is 67.2 Å². The molecule has 6 heteroatoms. The minimum atomic E-state index is -0.354. The Morgan fingerprint density at radius 3 is 2.40 bits per heavy atom. The van der Waals surface area contributed by atoms with Crippen molar-refractivity contribution in [1.29, 1.82) is 0 Å². The quantitative estimate of drug-likeness (QED) is 0.319. The Labute approximate surface area is 180 Å². The normalized spacial score (nSPS) is 38.3. The fourth-order valence-electron chi connectivity index (χ4n) is 5.32. The maximum Gasteiger partial charge on any atom is 0.306 e. The number of ketones is 1. The zero-order valence-corrected chi connectivity index (χ0v) is 19.5. The van der Waals surface area contributed by atoms with Crippen LogP contribution < -0.4 is 0 Å². The summed E-state index contributed by atoms with van der Waals surface area (Å²) < 4.78 is 23.9. The fourth-order valence-corrected chi connectivity index (χ4v) is 5.32. The molecule has 7 atom stereocenters. The SMILES string of the molecule is CO[C@@H]1[C@H](OC(=O)CC(C(C)=O)C(C)C)CCC2(CO2)[C@H]1[C@@]1(C)O[C@@H]1CC=C(C)C. The van der Waals surface area contributed by atoms with E-state index in [0.29, 0.717) is 13.0 Å². The molecule has 1 spiro atoms. The molecule has 3 aliphatic rings. The molecule has 6 nitrogen and oxygen atoms in total. The van der Waals surface area contributed by atoms with Gasteiger partial charge in [-0.05, 0) is 52.9 Å². The number of methoxy groups -OCH3 is 1. The second kappa shape index (κ2) is 8.71. The number of epoxide rings is 2. The number of Topliss-reactive ketones (excluding diaryl/α,β-unsaturated/α-hetero) is 1. The molecule has 0 aromatic rings. The number of hydrogen-bond acceptors (Lipinski definition) is 6. The van der Waals surface area contributed by atoms with Crippen molar-refractivity contribution in [3.8, 4) is 0 Å². The van der Waals surface area contributed by atoms with Crippen LogP contribution in [0.25, 0.3) is 0 Å². The third-order valence-corrected chi connectivity index (χ3v) is 7.23. The number of allylic oxidation sites excluding steroid dienone is 1. The highest BCUT2D eigenvalue weighted by molar-refractivity contribution is 5.83. The Morgan fingerprint density at radius 1 is 1.23 bits per heavy atom. The van der Waals surface area contributed by atoms with Crippen molar-refractivity contribution in [1.82, 2.24) is 0 Å². The molecule has 0 amide bonds. The first-order chi connectivity index (χ1) is 14.0. The number of ether oxygens (including phenoxy) is 4. The lowest BCUT2D eigenvalue weighted by molar-refractivity contribution is -0.173. The Morgan fingerprint density at radius 2 is 1.90 bits per heavy atom. The van der Waals surface area contributed by atoms with Gasteiger partial charge in [0.05, 0.1) is 25.0 Å². The van der Waals surface area contributed by atoms with E-state index in [1.807, 2.05) is 13.8 Å². The van der Waals surface area contributed by atoms with Gasteiger partial charge in [-0.1, -0.05) is 25.5 Å². The van der Waals surface area contributed by atoms with Crippen LogP contribution in [-0.4, -0.2) is 55.0 Å². The molecule has 170 valence electrons. The van der Waals surface area contributed by atoms with Gasteiger partial charge in [0.15, 0.2) is 0 Å². The molecule has 2 aliphatic heterocycles. The van der Waals surface area contributed by atoms with Gasteiger partial charge in [-0.3, -0.25) is 9.59 Å². The summed E-state index contributed by atoms with van der Waals surface area (Å²) in [5.41, 5.74) is 0.681. The molecule has 2 heterocycles. The van der Waals surface area contributed by atoms with Gasteiger partial charge in [0.25, 0.3) is 0 Å². The number of hydrogen-bond donors (Lipinski definition) is 0. The molecule has 0 bridgehead atoms. The molecule has 2 saturated heterocycles. The van der Waals surface area contributed by atoms with Gasteiger partial charge in [0, 0.05) is 13.0 Å². The van der Waals surface area contributed by atoms with E-state index in [2.05, 4.69) is 26.8 Å². The monoisotopic (exact) mass is 422 g/mol. The summed E-state index contributed by atoms with van der Waals surface area (Å²) >= 11 is 0. The third-order valence-electron chi connectivity index (χ3n) is 7.23. The van der Waals surface area contributed by atoms with E-state index >= 15 is 0 Å². The standard InChI is InChI=1S/C24H38O6/c1-14(2)8-9-19-23(6,30-19)22-21(27-7)18(10-11-24(22)13-28-24)29-20(26)12-17(15(3)4)16(5)25/h8,15,17-19,21-22H,9-13H2,1-7H3/t17?,18-,19-,21-,22-,23+,24?/m1/s1. The largest absolute Gasteiger partial charge is 0.460 e. The number of carbonyl (C=O) groups excluding carboxylic acids is 2. The van der Waals surface area contributed by atoms with E-state index in [9.17, 15) is 9.59 Å². The van der Waals surface area contributed by atoms with Crippen LogP contribution in [0.4, 0.5) is 0 Å². The zero-order valence-electron chi connectivity index (χ0n) is 19.5. The average molecular weight is 423 g/mol. The predicted octanol–water partition coefficient (Wildman–Crippen LogP) is 3.86. The van der Waals surface area contributed by atoms with E-state index in [4.69, 9.17) is 18.9 Å². The summed E-state index contributed by atoms with van der Waals surface area (Å²) in [6, 6.07) is 0. The summed E-state index contributed by atoms with van der Waals surface area (Å²) in [4.78, 5) is 24.6. The molecule has 2 unspecified atom stereocenters. The molecule has 30 heavy (non-hydrogen) atoms. The molecule has 0 aromatic carbocycles. The van der Waals surface area contributed by atoms with Crippen molar-refractivity contribution in [3.63, 3.8) is 0 Å². The van der Waals surface area contributed by atoms with E-state index < -0.39 is 0 Å². The molecule has 3 rings (SSSR count). The van der Waals surface area contributed by atoms with Gasteiger partial charge in [-0.2, -0.15) is 0 Å². The van der Waals surface area contributed by atoms with Crippen molar-refractivity contribution in [2.45, 2.75) is 96.7 Å². The lowest BCUT2D eigenvalue weighted by atomic mass is 9.68. The minimum Gasteiger partial charge on any atom is -0.460 e. The van der Waals surface area contributed by atoms with Crippen LogP contribution in [0.15, 0.2) is 11.6 Å². The maximum absolute atomic E-state index is 12.7. The highest BCUT2D eigenvalue weighted by Crippen LogP contribution is 2.59. The first kappa shape index (κ1) is 23.4. The summed E-state index contributed by atoms with van der Waals surface area (Å²) in [5, 5.41) is 0. The topological polar surface area (TPSA) is 77.7 Å². The number of carbonyl (C=O) groups is 2. The predicted molar refractivity (Wildman–Crippen MR) is 113 cm³/mol. The molecule has 0 radical (unpaired) electrons. The summed E-state index contributed by atoms with van der Waals surface area (Å²) in [7, 11) is 1.67. The van der Waals surface area contributed by atoms with Crippen molar-refractivity contribution < 1.29 is 28.5 Å². The fraction of sp³-hybridized carbons (Fsp3) is 0.833. The minimum absolute atomic E-state index is 0.00538. The zero-order chi connectivity index (χ0) is 22.3. The average Bonchev–Trinajstić information content (AvgIpc) is 3.56. The first-order valence-corrected chi connectivity index (χ1v) is 11.2. The van der Waals surface area contributed by atoms with Gasteiger partial charge >= 0.3 is 5.97 Å². The summed E-state index contributed by atoms with van der Waals surface area (Å²) in [6.45, 7) is 12.5. The smallest absolute Gasteiger partial charge is 0.306 e. The van der Waals surface area contributed by atoms with Crippen molar-refractivity contribution in [2.75, 3.05) is 13.7 Å². The Kier molecular flexibility index (Phi) is 6.80. The van der Waals surface area contributed by atoms with Crippen LogP contribution in [0.5, 0.6) is 0 Å². The molecule has 1 aliphatic carbocycles. The van der Waals surface area contributed by atoms with Gasteiger partial charge in [-0.15, -0.1) is 0 Å². The van der Waals surface area contributed by atoms with Crippen molar-refractivity contribution in [2.24, 2.45) is 17.8 Å². The van der Waals surface area contributed by atoms with Gasteiger partial charge in [0.2, 0.25) is 0 Å². The molecule has 1 saturated carbocycles. The van der Waals surface area contributed by atoms with Crippen LogP contribution in [0.3, 0.4) is 0 Å². The van der Waals surface area contributed by atoms with E-state index in [1.165, 1.54) is 5.57 Å². The number of rotatable bonds is 9. The van der Waals surface area contributed by atoms with E-state index in [0.717, 1.165) is 12.8 Å². The van der Waals surface area contributed by atoms with Crippen LogP contribution in [0, 0.1) is 17.8 Å². The van der Waals surface area contributed by atoms with Crippen LogP contribution >= 0.6 is 0 Å². The molecular formula is C24H38O6. The molecule has 3 fully saturated rings. The van der Waals surface area contributed by atoms with Gasteiger partial charge in [-0.25, -0.2) is 0 Å². The van der Waals surface area contributed by atoms with E-state index in [-0.39, 0.29) is 65.4 Å². The second-order valence-electron chi connectivity index (χ2n) is 10.1. The van der Waals surface area contributed by atoms with Crippen molar-refractivity contribution >= 4 is 11.8 Å². The lowest BCUT2D eigenvalue weighted by Gasteiger charge is -2.42. The van der Waals surface area contributed by atoms with Crippen molar-refractivity contribution in [3.05, 3.63) is 11.6 Å². The Balaban J connectivity index is 1.71. The summed E-state index contributed by atoms with van der Waals surface area (Å²) in [6.07, 6.45) is 4.17. The molecule has 0 aromatic heterocycles. The van der Waals surface area contributed by atoms with Gasteiger partial charge < -0.3 is 18.9 Å². The Hall–Kier alpha value is -1.24. The molecular weight excluding hydrogens is 384 g/mol. The first-order valence-electron chi connectivity index (χ1n) is 11.2. The van der Waals surface area contributed by atoms with Crippen LogP contribution in [0.2, 0.25) is 0 Å². The van der Waals surface area contributed by atoms with E-state index in [1.54, 1.807) is 14.0 Å². The highest BCUT2D eigenvalue weighted by atomic mass is 16.6. The van der Waals surface area contributed by atoms with Crippen LogP contribution in [-0.2, 0) is 28.5 Å². The molecule has 0 N–H and O–H groups in total. The third kappa shape index (κ3) is 4.66. The number of esters is 1. The summed E-state index contributed by atoms with van der Waals surface area (Å²) in [5.74, 6) is -0.506. The van der Waals surface area contributed by atoms with Gasteiger partial charge in [0.1, 0.15) is 29.2 Å². The highest BCUT2D eigenvalue weighted by Gasteiger charge is 2.72. The second-order valence-corrected chi connectivity index (χ2v) is 10.1. The lowest BCUT2D eigenvalue weighted by Crippen LogP contribution is -2.55. The Bertz CT molecular complexity index is 690. The maximum atomic E-state index is 12.7.